The Labute approximate surface area is 236 Å². The summed E-state index contributed by atoms with van der Waals surface area (Å²) in [6.07, 6.45) is 17.4. The van der Waals surface area contributed by atoms with Gasteiger partial charge in [0, 0.05) is 0 Å². The van der Waals surface area contributed by atoms with Crippen LogP contribution in [0.25, 0.3) is 0 Å². The van der Waals surface area contributed by atoms with Crippen LogP contribution in [0, 0.1) is 34.5 Å². The van der Waals surface area contributed by atoms with E-state index in [0.717, 1.165) is 38.5 Å². The minimum atomic E-state index is -0.0649. The molecule has 1 aliphatic carbocycles. The van der Waals surface area contributed by atoms with Crippen LogP contribution in [0.4, 0.5) is 0 Å². The molecule has 2 unspecified atom stereocenters. The molecule has 0 heterocycles. The van der Waals surface area contributed by atoms with Gasteiger partial charge in [-0.25, -0.2) is 0 Å². The molecule has 0 amide bonds. The van der Waals surface area contributed by atoms with E-state index in [1.807, 2.05) is 0 Å². The van der Waals surface area contributed by atoms with E-state index < -0.39 is 0 Å². The van der Waals surface area contributed by atoms with E-state index >= 15 is 0 Å². The van der Waals surface area contributed by atoms with Gasteiger partial charge in [0.25, 0.3) is 0 Å². The van der Waals surface area contributed by atoms with Crippen LogP contribution >= 0.6 is 0 Å². The van der Waals surface area contributed by atoms with Gasteiger partial charge < -0.3 is 9.47 Å². The molecule has 0 radical (unpaired) electrons. The lowest BCUT2D eigenvalue weighted by Gasteiger charge is -2.26. The van der Waals surface area contributed by atoms with E-state index in [-0.39, 0.29) is 23.8 Å². The van der Waals surface area contributed by atoms with Gasteiger partial charge in [0.15, 0.2) is 0 Å². The highest BCUT2D eigenvalue weighted by atomic mass is 16.5. The molecule has 0 spiro atoms. The second-order valence-electron chi connectivity index (χ2n) is 14.2. The Morgan fingerprint density at radius 2 is 0.974 bits per heavy atom. The van der Waals surface area contributed by atoms with E-state index in [0.29, 0.717) is 35.9 Å². The molecule has 0 N–H and O–H groups in total. The maximum atomic E-state index is 12.5. The quantitative estimate of drug-likeness (QED) is 0.115. The Morgan fingerprint density at radius 1 is 0.632 bits per heavy atom. The van der Waals surface area contributed by atoms with Crippen molar-refractivity contribution in [2.45, 2.75) is 158 Å². The van der Waals surface area contributed by atoms with Gasteiger partial charge in [0.2, 0.25) is 0 Å². The predicted molar refractivity (Wildman–Crippen MR) is 160 cm³/mol. The zero-order valence-electron chi connectivity index (χ0n) is 26.7. The van der Waals surface area contributed by atoms with Crippen molar-refractivity contribution in [2.24, 2.45) is 34.5 Å². The fraction of sp³-hybridized carbons (Fsp3) is 0.941. The zero-order valence-corrected chi connectivity index (χ0v) is 26.7. The summed E-state index contributed by atoms with van der Waals surface area (Å²) in [5, 5.41) is 0. The molecule has 1 saturated carbocycles. The molecular formula is C34H64O4. The minimum Gasteiger partial charge on any atom is -0.465 e. The average Bonchev–Trinajstić information content (AvgIpc) is 2.89. The van der Waals surface area contributed by atoms with Crippen molar-refractivity contribution in [2.75, 3.05) is 13.2 Å². The van der Waals surface area contributed by atoms with Gasteiger partial charge in [-0.15, -0.1) is 0 Å². The fourth-order valence-electron chi connectivity index (χ4n) is 5.36. The van der Waals surface area contributed by atoms with E-state index in [1.54, 1.807) is 0 Å². The molecule has 4 heteroatoms. The lowest BCUT2D eigenvalue weighted by molar-refractivity contribution is -0.155. The van der Waals surface area contributed by atoms with Crippen LogP contribution in [-0.2, 0) is 19.1 Å². The maximum Gasteiger partial charge on any atom is 0.308 e. The number of esters is 2. The summed E-state index contributed by atoms with van der Waals surface area (Å²) in [4.78, 5) is 25.1. The Kier molecular flexibility index (Phi) is 16.9. The third-order valence-electron chi connectivity index (χ3n) is 9.62. The summed E-state index contributed by atoms with van der Waals surface area (Å²) in [7, 11) is 0. The highest BCUT2D eigenvalue weighted by Gasteiger charge is 2.31. The third-order valence-corrected chi connectivity index (χ3v) is 9.62. The molecule has 0 saturated heterocycles. The van der Waals surface area contributed by atoms with Crippen molar-refractivity contribution in [3.8, 4) is 0 Å². The number of unbranched alkanes of at least 4 members (excludes halogenated alkanes) is 2. The second-order valence-corrected chi connectivity index (χ2v) is 14.2. The van der Waals surface area contributed by atoms with Crippen LogP contribution in [0.3, 0.4) is 0 Å². The van der Waals surface area contributed by atoms with Crippen molar-refractivity contribution in [1.29, 1.82) is 0 Å². The first kappa shape index (κ1) is 35.0. The Morgan fingerprint density at radius 3 is 1.29 bits per heavy atom. The molecule has 1 aliphatic rings. The molecule has 0 aromatic heterocycles. The van der Waals surface area contributed by atoms with Crippen LogP contribution in [0.2, 0.25) is 0 Å². The first-order valence-electron chi connectivity index (χ1n) is 16.2. The molecule has 0 bridgehead atoms. The van der Waals surface area contributed by atoms with E-state index in [2.05, 4.69) is 55.4 Å². The number of hydrogen-bond donors (Lipinski definition) is 0. The first-order chi connectivity index (χ1) is 17.9. The van der Waals surface area contributed by atoms with Crippen molar-refractivity contribution in [3.63, 3.8) is 0 Å². The van der Waals surface area contributed by atoms with Gasteiger partial charge >= 0.3 is 11.9 Å². The third kappa shape index (κ3) is 15.5. The van der Waals surface area contributed by atoms with E-state index in [9.17, 15) is 9.59 Å². The highest BCUT2D eigenvalue weighted by molar-refractivity contribution is 5.75. The molecule has 2 atom stereocenters. The molecule has 4 nitrogen and oxygen atoms in total. The zero-order chi connectivity index (χ0) is 28.6. The standard InChI is InChI=1S/C34H64O4/c1-9-33(5,6)23-13-11-15-27(3)21-25-37-31(35)29-17-19-30(20-18-29)32(36)38-26-22-28(4)16-12-14-24-34(7,8)10-2/h27-30H,9-26H2,1-8H3. The molecular weight excluding hydrogens is 472 g/mol. The summed E-state index contributed by atoms with van der Waals surface area (Å²) in [6, 6.07) is 0. The van der Waals surface area contributed by atoms with Crippen LogP contribution in [0.5, 0.6) is 0 Å². The van der Waals surface area contributed by atoms with Crippen LogP contribution in [0.1, 0.15) is 158 Å². The van der Waals surface area contributed by atoms with E-state index in [1.165, 1.54) is 64.2 Å². The Bertz CT molecular complexity index is 589. The molecule has 0 aromatic rings. The fourth-order valence-corrected chi connectivity index (χ4v) is 5.36. The summed E-state index contributed by atoms with van der Waals surface area (Å²) < 4.78 is 11.3. The maximum absolute atomic E-state index is 12.5. The lowest BCUT2D eigenvalue weighted by atomic mass is 9.82. The van der Waals surface area contributed by atoms with Crippen LogP contribution < -0.4 is 0 Å². The van der Waals surface area contributed by atoms with Crippen molar-refractivity contribution in [3.05, 3.63) is 0 Å². The van der Waals surface area contributed by atoms with Crippen LogP contribution in [-0.4, -0.2) is 25.2 Å². The monoisotopic (exact) mass is 536 g/mol. The SMILES string of the molecule is CCC(C)(C)CCCCC(C)CCOC(=O)C1CCC(C(=O)OCCC(C)CCCCC(C)(C)CC)CC1. The molecule has 224 valence electrons. The highest BCUT2D eigenvalue weighted by Crippen LogP contribution is 2.32. The molecule has 38 heavy (non-hydrogen) atoms. The number of ether oxygens (including phenoxy) is 2. The topological polar surface area (TPSA) is 52.6 Å². The van der Waals surface area contributed by atoms with Gasteiger partial charge in [-0.1, -0.05) is 107 Å². The first-order valence-corrected chi connectivity index (χ1v) is 16.2. The summed E-state index contributed by atoms with van der Waals surface area (Å²) in [5.41, 5.74) is 0.913. The van der Waals surface area contributed by atoms with Gasteiger partial charge in [-0.3, -0.25) is 9.59 Å². The molecule has 0 aliphatic heterocycles. The Balaban J connectivity index is 2.12. The number of rotatable bonds is 20. The minimum absolute atomic E-state index is 0.0525. The summed E-state index contributed by atoms with van der Waals surface area (Å²) >= 11 is 0. The largest absolute Gasteiger partial charge is 0.465 e. The van der Waals surface area contributed by atoms with Gasteiger partial charge in [0.1, 0.15) is 0 Å². The van der Waals surface area contributed by atoms with Gasteiger partial charge in [0.05, 0.1) is 25.0 Å². The van der Waals surface area contributed by atoms with E-state index in [4.69, 9.17) is 9.47 Å². The van der Waals surface area contributed by atoms with Crippen molar-refractivity contribution in [1.82, 2.24) is 0 Å². The normalized spacial score (nSPS) is 20.1. The molecule has 1 rings (SSSR count). The van der Waals surface area contributed by atoms with Gasteiger partial charge in [-0.2, -0.15) is 0 Å². The number of hydrogen-bond acceptors (Lipinski definition) is 4. The number of carbonyl (C=O) groups excluding carboxylic acids is 2. The summed E-state index contributed by atoms with van der Waals surface area (Å²) in [5.74, 6) is 0.948. The Hall–Kier alpha value is -1.06. The van der Waals surface area contributed by atoms with Crippen molar-refractivity contribution >= 4 is 11.9 Å². The van der Waals surface area contributed by atoms with Crippen LogP contribution in [0.15, 0.2) is 0 Å². The van der Waals surface area contributed by atoms with Gasteiger partial charge in [-0.05, 0) is 74.0 Å². The average molecular weight is 537 g/mol. The second kappa shape index (κ2) is 18.3. The lowest BCUT2D eigenvalue weighted by Crippen LogP contribution is -2.28. The molecule has 1 fully saturated rings. The predicted octanol–water partition coefficient (Wildman–Crippen LogP) is 9.92. The van der Waals surface area contributed by atoms with Crippen molar-refractivity contribution < 1.29 is 19.1 Å². The molecule has 0 aromatic carbocycles. The number of carbonyl (C=O) groups is 2. The smallest absolute Gasteiger partial charge is 0.308 e. The summed E-state index contributed by atoms with van der Waals surface area (Å²) in [6.45, 7) is 19.5.